The molecule has 0 saturated heterocycles. The lowest BCUT2D eigenvalue weighted by Crippen LogP contribution is -2.41. The van der Waals surface area contributed by atoms with Gasteiger partial charge in [0.15, 0.2) is 5.82 Å². The highest BCUT2D eigenvalue weighted by molar-refractivity contribution is 6.02. The lowest BCUT2D eigenvalue weighted by Gasteiger charge is -2.31. The highest BCUT2D eigenvalue weighted by Crippen LogP contribution is 2.36. The van der Waals surface area contributed by atoms with E-state index >= 15 is 0 Å². The van der Waals surface area contributed by atoms with Crippen LogP contribution in [0.4, 0.5) is 10.2 Å². The maximum Gasteiger partial charge on any atom is 0.307 e. The molecule has 2 N–H and O–H groups in total. The third kappa shape index (κ3) is 2.14. The topological polar surface area (TPSA) is 84.2 Å². The SMILES string of the molecule is Cn1nc(NC(=O)[C@H]2CC[C@@H]2C(=O)O)c2c(F)cccc21. The van der Waals surface area contributed by atoms with Crippen LogP contribution >= 0.6 is 0 Å². The van der Waals surface area contributed by atoms with Crippen LogP contribution in [-0.2, 0) is 16.6 Å². The van der Waals surface area contributed by atoms with Crippen molar-refractivity contribution in [2.24, 2.45) is 18.9 Å². The van der Waals surface area contributed by atoms with E-state index in [0.717, 1.165) is 0 Å². The van der Waals surface area contributed by atoms with E-state index in [4.69, 9.17) is 5.11 Å². The van der Waals surface area contributed by atoms with E-state index in [-0.39, 0.29) is 11.2 Å². The monoisotopic (exact) mass is 291 g/mol. The number of carbonyl (C=O) groups excluding carboxylic acids is 1. The first-order valence-corrected chi connectivity index (χ1v) is 6.64. The number of nitrogens with zero attached hydrogens (tertiary/aromatic N) is 2. The fourth-order valence-corrected chi connectivity index (χ4v) is 2.68. The third-order valence-electron chi connectivity index (χ3n) is 4.00. The summed E-state index contributed by atoms with van der Waals surface area (Å²) in [6.07, 6.45) is 1.01. The molecule has 1 heterocycles. The summed E-state index contributed by atoms with van der Waals surface area (Å²) in [5.74, 6) is -2.97. The van der Waals surface area contributed by atoms with Crippen LogP contribution in [0.25, 0.3) is 10.9 Å². The molecule has 0 unspecified atom stereocenters. The number of aliphatic carboxylic acids is 1. The van der Waals surface area contributed by atoms with Gasteiger partial charge in [-0.05, 0) is 25.0 Å². The number of rotatable bonds is 3. The quantitative estimate of drug-likeness (QED) is 0.902. The second kappa shape index (κ2) is 4.83. The zero-order chi connectivity index (χ0) is 15.1. The number of nitrogens with one attached hydrogen (secondary N) is 1. The van der Waals surface area contributed by atoms with Crippen LogP contribution in [0.3, 0.4) is 0 Å². The van der Waals surface area contributed by atoms with Crippen molar-refractivity contribution in [3.63, 3.8) is 0 Å². The standard InChI is InChI=1S/C14H14FN3O3/c1-18-10-4-2-3-9(15)11(10)12(17-18)16-13(19)7-5-6-8(7)14(20)21/h2-4,7-8H,5-6H2,1H3,(H,20,21)(H,16,17,19)/t7-,8-/m0/s1. The molecule has 2 atom stereocenters. The van der Waals surface area contributed by atoms with Crippen molar-refractivity contribution >= 4 is 28.6 Å². The van der Waals surface area contributed by atoms with Gasteiger partial charge in [-0.15, -0.1) is 0 Å². The number of fused-ring (bicyclic) bond motifs is 1. The Labute approximate surface area is 119 Å². The van der Waals surface area contributed by atoms with E-state index in [2.05, 4.69) is 10.4 Å². The van der Waals surface area contributed by atoms with Gasteiger partial charge in [0.1, 0.15) is 5.82 Å². The Kier molecular flexibility index (Phi) is 3.12. The number of carbonyl (C=O) groups is 2. The average Bonchev–Trinajstić information content (AvgIpc) is 2.65. The fraction of sp³-hybridized carbons (Fsp3) is 0.357. The minimum atomic E-state index is -0.974. The molecule has 7 heteroatoms. The first kappa shape index (κ1) is 13.5. The molecule has 0 spiro atoms. The molecular weight excluding hydrogens is 277 g/mol. The molecule has 1 fully saturated rings. The van der Waals surface area contributed by atoms with Gasteiger partial charge in [0, 0.05) is 7.05 Å². The second-order valence-corrected chi connectivity index (χ2v) is 5.22. The predicted octanol–water partition coefficient (Wildman–Crippen LogP) is 1.76. The Bertz CT molecular complexity index is 740. The van der Waals surface area contributed by atoms with Gasteiger partial charge in [-0.3, -0.25) is 14.3 Å². The summed E-state index contributed by atoms with van der Waals surface area (Å²) in [6.45, 7) is 0. The molecule has 2 aromatic rings. The number of amides is 1. The Hall–Kier alpha value is -2.44. The molecule has 1 aromatic carbocycles. The maximum absolute atomic E-state index is 13.9. The van der Waals surface area contributed by atoms with E-state index in [1.54, 1.807) is 19.2 Å². The van der Waals surface area contributed by atoms with Crippen molar-refractivity contribution in [3.05, 3.63) is 24.0 Å². The lowest BCUT2D eigenvalue weighted by molar-refractivity contribution is -0.151. The highest BCUT2D eigenvalue weighted by Gasteiger charge is 2.41. The van der Waals surface area contributed by atoms with Crippen LogP contribution in [0.1, 0.15) is 12.8 Å². The molecule has 1 aliphatic rings. The van der Waals surface area contributed by atoms with Crippen molar-refractivity contribution in [3.8, 4) is 0 Å². The summed E-state index contributed by atoms with van der Waals surface area (Å²) in [6, 6.07) is 4.56. The zero-order valence-electron chi connectivity index (χ0n) is 11.3. The van der Waals surface area contributed by atoms with Gasteiger partial charge in [-0.25, -0.2) is 4.39 Å². The first-order valence-electron chi connectivity index (χ1n) is 6.64. The van der Waals surface area contributed by atoms with Crippen molar-refractivity contribution in [2.75, 3.05) is 5.32 Å². The van der Waals surface area contributed by atoms with Gasteiger partial charge in [-0.1, -0.05) is 6.07 Å². The first-order chi connectivity index (χ1) is 9.99. The van der Waals surface area contributed by atoms with Crippen molar-refractivity contribution in [1.29, 1.82) is 0 Å². The Morgan fingerprint density at radius 2 is 2.10 bits per heavy atom. The van der Waals surface area contributed by atoms with Gasteiger partial charge in [-0.2, -0.15) is 5.10 Å². The number of carboxylic acids is 1. The number of halogens is 1. The highest BCUT2D eigenvalue weighted by atomic mass is 19.1. The van der Waals surface area contributed by atoms with Gasteiger partial charge in [0.25, 0.3) is 0 Å². The van der Waals surface area contributed by atoms with E-state index in [1.165, 1.54) is 10.7 Å². The summed E-state index contributed by atoms with van der Waals surface area (Å²) in [5, 5.41) is 15.9. The molecule has 3 rings (SSSR count). The minimum Gasteiger partial charge on any atom is -0.481 e. The van der Waals surface area contributed by atoms with Crippen LogP contribution in [0.15, 0.2) is 18.2 Å². The summed E-state index contributed by atoms with van der Waals surface area (Å²) in [7, 11) is 1.65. The average molecular weight is 291 g/mol. The fourth-order valence-electron chi connectivity index (χ4n) is 2.68. The number of aryl methyl sites for hydroxylation is 1. The van der Waals surface area contributed by atoms with Gasteiger partial charge in [0.05, 0.1) is 22.7 Å². The van der Waals surface area contributed by atoms with Crippen molar-refractivity contribution in [1.82, 2.24) is 9.78 Å². The second-order valence-electron chi connectivity index (χ2n) is 5.22. The van der Waals surface area contributed by atoms with Crippen molar-refractivity contribution in [2.45, 2.75) is 12.8 Å². The molecule has 1 saturated carbocycles. The number of aromatic nitrogens is 2. The van der Waals surface area contributed by atoms with E-state index in [1.807, 2.05) is 0 Å². The van der Waals surface area contributed by atoms with Crippen LogP contribution in [-0.4, -0.2) is 26.8 Å². The molecular formula is C14H14FN3O3. The maximum atomic E-state index is 13.9. The Morgan fingerprint density at radius 1 is 1.38 bits per heavy atom. The molecule has 0 radical (unpaired) electrons. The van der Waals surface area contributed by atoms with Crippen LogP contribution in [0.5, 0.6) is 0 Å². The zero-order valence-corrected chi connectivity index (χ0v) is 11.3. The Morgan fingerprint density at radius 3 is 2.71 bits per heavy atom. The smallest absolute Gasteiger partial charge is 0.307 e. The molecule has 1 amide bonds. The van der Waals surface area contributed by atoms with Crippen LogP contribution in [0, 0.1) is 17.7 Å². The predicted molar refractivity (Wildman–Crippen MR) is 73.2 cm³/mol. The summed E-state index contributed by atoms with van der Waals surface area (Å²) < 4.78 is 15.4. The largest absolute Gasteiger partial charge is 0.481 e. The number of anilines is 1. The van der Waals surface area contributed by atoms with Crippen molar-refractivity contribution < 1.29 is 19.1 Å². The third-order valence-corrected chi connectivity index (χ3v) is 4.00. The van der Waals surface area contributed by atoms with Gasteiger partial charge < -0.3 is 10.4 Å². The number of hydrogen-bond acceptors (Lipinski definition) is 3. The number of hydrogen-bond donors (Lipinski definition) is 2. The summed E-state index contributed by atoms with van der Waals surface area (Å²) in [4.78, 5) is 23.1. The number of benzene rings is 1. The molecule has 110 valence electrons. The summed E-state index contributed by atoms with van der Waals surface area (Å²) >= 11 is 0. The van der Waals surface area contributed by atoms with Crippen LogP contribution in [0.2, 0.25) is 0 Å². The molecule has 1 aromatic heterocycles. The molecule has 0 aliphatic heterocycles. The molecule has 6 nitrogen and oxygen atoms in total. The molecule has 0 bridgehead atoms. The van der Waals surface area contributed by atoms with E-state index in [9.17, 15) is 14.0 Å². The van der Waals surface area contributed by atoms with E-state index < -0.39 is 29.5 Å². The normalized spacial score (nSPS) is 21.0. The minimum absolute atomic E-state index is 0.131. The van der Waals surface area contributed by atoms with E-state index in [0.29, 0.717) is 18.4 Å². The van der Waals surface area contributed by atoms with Gasteiger partial charge >= 0.3 is 5.97 Å². The van der Waals surface area contributed by atoms with Gasteiger partial charge in [0.2, 0.25) is 5.91 Å². The lowest BCUT2D eigenvalue weighted by atomic mass is 9.73. The summed E-state index contributed by atoms with van der Waals surface area (Å²) in [5.41, 5.74) is 0.564. The Balaban J connectivity index is 1.89. The molecule has 1 aliphatic carbocycles. The number of carboxylic acid groups (broad SMARTS) is 1. The van der Waals surface area contributed by atoms with Crippen LogP contribution < -0.4 is 5.32 Å². The molecule has 21 heavy (non-hydrogen) atoms.